The van der Waals surface area contributed by atoms with Crippen molar-refractivity contribution in [1.29, 1.82) is 0 Å². The van der Waals surface area contributed by atoms with Gasteiger partial charge in [-0.05, 0) is 25.3 Å². The Balaban J connectivity index is 2.56. The Bertz CT molecular complexity index is 188. The highest BCUT2D eigenvalue weighted by atomic mass is 16.5. The number of Topliss-reactive ketones (excluding diaryl/α,β-unsaturated/α-hetero) is 1. The summed E-state index contributed by atoms with van der Waals surface area (Å²) in [6.45, 7) is 5.31. The van der Waals surface area contributed by atoms with Gasteiger partial charge in [-0.25, -0.2) is 0 Å². The van der Waals surface area contributed by atoms with Gasteiger partial charge in [0.2, 0.25) is 0 Å². The molecule has 2 nitrogen and oxygen atoms in total. The quantitative estimate of drug-likeness (QED) is 0.602. The van der Waals surface area contributed by atoms with Gasteiger partial charge in [0.15, 0.2) is 5.78 Å². The van der Waals surface area contributed by atoms with Crippen LogP contribution in [0.25, 0.3) is 0 Å². The average molecular weight is 168 g/mol. The van der Waals surface area contributed by atoms with Gasteiger partial charge < -0.3 is 4.74 Å². The van der Waals surface area contributed by atoms with Crippen LogP contribution in [0.1, 0.15) is 26.7 Å². The molecule has 1 fully saturated rings. The normalized spacial score (nSPS) is 24.5. The molecule has 0 bridgehead atoms. The van der Waals surface area contributed by atoms with Crippen LogP contribution < -0.4 is 0 Å². The van der Waals surface area contributed by atoms with Crippen molar-refractivity contribution < 1.29 is 9.53 Å². The molecule has 68 valence electrons. The van der Waals surface area contributed by atoms with Gasteiger partial charge in [-0.1, -0.05) is 13.0 Å². The van der Waals surface area contributed by atoms with Gasteiger partial charge in [0.25, 0.3) is 0 Å². The van der Waals surface area contributed by atoms with Gasteiger partial charge in [0.1, 0.15) is 0 Å². The maximum atomic E-state index is 11.7. The molecule has 0 aromatic carbocycles. The van der Waals surface area contributed by atoms with Crippen molar-refractivity contribution >= 4 is 5.78 Å². The zero-order valence-corrected chi connectivity index (χ0v) is 7.80. The van der Waals surface area contributed by atoms with Crippen molar-refractivity contribution in [1.82, 2.24) is 0 Å². The lowest BCUT2D eigenvalue weighted by Gasteiger charge is -2.07. The number of hydrogen-bond acceptors (Lipinski definition) is 2. The van der Waals surface area contributed by atoms with Crippen LogP contribution in [0.15, 0.2) is 11.6 Å². The Morgan fingerprint density at radius 1 is 1.67 bits per heavy atom. The summed E-state index contributed by atoms with van der Waals surface area (Å²) in [4.78, 5) is 11.7. The summed E-state index contributed by atoms with van der Waals surface area (Å²) in [5.74, 6) is 0.425. The molecule has 1 saturated heterocycles. The van der Waals surface area contributed by atoms with E-state index in [0.29, 0.717) is 6.61 Å². The highest BCUT2D eigenvalue weighted by Gasteiger charge is 2.24. The third-order valence-electron chi connectivity index (χ3n) is 2.35. The summed E-state index contributed by atoms with van der Waals surface area (Å²) in [5.41, 5.74) is 0.950. The first-order valence-corrected chi connectivity index (χ1v) is 4.56. The minimum absolute atomic E-state index is 0.135. The number of hydrogen-bond donors (Lipinski definition) is 0. The van der Waals surface area contributed by atoms with E-state index in [1.807, 2.05) is 19.9 Å². The van der Waals surface area contributed by atoms with E-state index < -0.39 is 0 Å². The van der Waals surface area contributed by atoms with E-state index in [4.69, 9.17) is 4.74 Å². The molecule has 1 aliphatic rings. The lowest BCUT2D eigenvalue weighted by atomic mass is 9.95. The van der Waals surface area contributed by atoms with E-state index in [9.17, 15) is 4.79 Å². The minimum atomic E-state index is 0.135. The van der Waals surface area contributed by atoms with Gasteiger partial charge in [0, 0.05) is 12.5 Å². The number of ketones is 1. The van der Waals surface area contributed by atoms with Crippen molar-refractivity contribution in [2.75, 3.05) is 13.2 Å². The van der Waals surface area contributed by atoms with Crippen molar-refractivity contribution in [2.24, 2.45) is 5.92 Å². The molecule has 1 aliphatic heterocycles. The highest BCUT2D eigenvalue weighted by Crippen LogP contribution is 2.18. The van der Waals surface area contributed by atoms with E-state index in [2.05, 4.69) is 0 Å². The van der Waals surface area contributed by atoms with Crippen molar-refractivity contribution in [3.8, 4) is 0 Å². The van der Waals surface area contributed by atoms with E-state index in [1.165, 1.54) is 0 Å². The first-order chi connectivity index (χ1) is 5.79. The van der Waals surface area contributed by atoms with Crippen LogP contribution in [0.2, 0.25) is 0 Å². The predicted molar refractivity (Wildman–Crippen MR) is 48.0 cm³/mol. The molecular weight excluding hydrogens is 152 g/mol. The van der Waals surface area contributed by atoms with Crippen LogP contribution in [0.3, 0.4) is 0 Å². The molecular formula is C10H16O2. The van der Waals surface area contributed by atoms with Crippen LogP contribution >= 0.6 is 0 Å². The Labute approximate surface area is 73.6 Å². The molecule has 1 heterocycles. The maximum absolute atomic E-state index is 11.7. The molecule has 0 aliphatic carbocycles. The van der Waals surface area contributed by atoms with Gasteiger partial charge in [-0.15, -0.1) is 0 Å². The fourth-order valence-corrected chi connectivity index (χ4v) is 1.52. The summed E-state index contributed by atoms with van der Waals surface area (Å²) < 4.78 is 5.17. The summed E-state index contributed by atoms with van der Waals surface area (Å²) in [6, 6.07) is 0. The summed E-state index contributed by atoms with van der Waals surface area (Å²) in [5, 5.41) is 0. The molecule has 2 heteroatoms. The molecule has 12 heavy (non-hydrogen) atoms. The molecule has 1 atom stereocenters. The molecule has 0 spiro atoms. The third kappa shape index (κ3) is 1.95. The lowest BCUT2D eigenvalue weighted by molar-refractivity contribution is -0.119. The number of allylic oxidation sites excluding steroid dienone is 2. The molecule has 1 unspecified atom stereocenters. The second-order valence-electron chi connectivity index (χ2n) is 3.09. The van der Waals surface area contributed by atoms with Gasteiger partial charge in [0.05, 0.1) is 6.61 Å². The molecule has 0 aromatic rings. The highest BCUT2D eigenvalue weighted by molar-refractivity contribution is 5.97. The van der Waals surface area contributed by atoms with E-state index in [0.717, 1.165) is 25.0 Å². The van der Waals surface area contributed by atoms with E-state index in [-0.39, 0.29) is 11.7 Å². The van der Waals surface area contributed by atoms with Gasteiger partial charge in [-0.3, -0.25) is 4.79 Å². The maximum Gasteiger partial charge on any atom is 0.163 e. The van der Waals surface area contributed by atoms with Gasteiger partial charge >= 0.3 is 0 Å². The first kappa shape index (κ1) is 9.46. The summed E-state index contributed by atoms with van der Waals surface area (Å²) in [7, 11) is 0. The second kappa shape index (κ2) is 4.41. The van der Waals surface area contributed by atoms with E-state index >= 15 is 0 Å². The molecule has 0 N–H and O–H groups in total. The standard InChI is InChI=1S/C10H16O2/c1-3-8(4-2)10(11)9-5-6-12-7-9/h3,9H,4-7H2,1-2H3. The zero-order chi connectivity index (χ0) is 8.97. The fraction of sp³-hybridized carbons (Fsp3) is 0.700. The summed E-state index contributed by atoms with van der Waals surface area (Å²) >= 11 is 0. The molecule has 0 radical (unpaired) electrons. The largest absolute Gasteiger partial charge is 0.381 e. The van der Waals surface area contributed by atoms with Crippen LogP contribution in [0, 0.1) is 5.92 Å². The fourth-order valence-electron chi connectivity index (χ4n) is 1.52. The first-order valence-electron chi connectivity index (χ1n) is 4.56. The van der Waals surface area contributed by atoms with Crippen molar-refractivity contribution in [2.45, 2.75) is 26.7 Å². The van der Waals surface area contributed by atoms with Crippen LogP contribution in [-0.4, -0.2) is 19.0 Å². The van der Waals surface area contributed by atoms with Crippen LogP contribution in [-0.2, 0) is 9.53 Å². The second-order valence-corrected chi connectivity index (χ2v) is 3.09. The minimum Gasteiger partial charge on any atom is -0.381 e. The Morgan fingerprint density at radius 2 is 2.42 bits per heavy atom. The van der Waals surface area contributed by atoms with Crippen LogP contribution in [0.4, 0.5) is 0 Å². The lowest BCUT2D eigenvalue weighted by Crippen LogP contribution is -2.16. The molecule has 1 rings (SSSR count). The molecule has 0 saturated carbocycles. The van der Waals surface area contributed by atoms with E-state index in [1.54, 1.807) is 0 Å². The number of ether oxygens (including phenoxy) is 1. The summed E-state index contributed by atoms with van der Waals surface area (Å²) in [6.07, 6.45) is 3.66. The predicted octanol–water partition coefficient (Wildman–Crippen LogP) is 1.95. The number of carbonyl (C=O) groups is 1. The number of rotatable bonds is 3. The Hall–Kier alpha value is -0.630. The topological polar surface area (TPSA) is 26.3 Å². The number of carbonyl (C=O) groups excluding carboxylic acids is 1. The monoisotopic (exact) mass is 168 g/mol. The smallest absolute Gasteiger partial charge is 0.163 e. The molecule has 0 amide bonds. The third-order valence-corrected chi connectivity index (χ3v) is 2.35. The Kier molecular flexibility index (Phi) is 3.48. The SMILES string of the molecule is CC=C(CC)C(=O)C1CCOC1. The van der Waals surface area contributed by atoms with Crippen molar-refractivity contribution in [3.63, 3.8) is 0 Å². The average Bonchev–Trinajstić information content (AvgIpc) is 2.58. The molecule has 0 aromatic heterocycles. The van der Waals surface area contributed by atoms with Crippen LogP contribution in [0.5, 0.6) is 0 Å². The zero-order valence-electron chi connectivity index (χ0n) is 7.80. The Morgan fingerprint density at radius 3 is 2.83 bits per heavy atom. The van der Waals surface area contributed by atoms with Gasteiger partial charge in [-0.2, -0.15) is 0 Å². The van der Waals surface area contributed by atoms with Crippen molar-refractivity contribution in [3.05, 3.63) is 11.6 Å².